The molecule has 282 valence electrons. The fraction of sp³-hybridized carbons (Fsp3) is 0.306. The molecule has 0 atom stereocenters. The maximum absolute atomic E-state index is 11.8. The number of benzene rings is 2. The Morgan fingerprint density at radius 2 is 1.13 bits per heavy atom. The van der Waals surface area contributed by atoms with Crippen LogP contribution < -0.4 is 25.8 Å². The number of amides is 1. The number of alkyl halides is 1. The summed E-state index contributed by atoms with van der Waals surface area (Å²) in [6, 6.07) is 18.7. The predicted molar refractivity (Wildman–Crippen MR) is 218 cm³/mol. The smallest absolute Gasteiger partial charge is 0.237 e. The molecular formula is C36H37Cl5N12O. The van der Waals surface area contributed by atoms with Crippen LogP contribution in [0.25, 0.3) is 11.3 Å². The number of anilines is 4. The number of nitrogens with one attached hydrogen (secondary N) is 3. The van der Waals surface area contributed by atoms with Gasteiger partial charge in [0.05, 0.1) is 12.4 Å². The van der Waals surface area contributed by atoms with Crippen LogP contribution in [0.1, 0.15) is 11.1 Å². The first kappa shape index (κ1) is 38.1. The topological polar surface area (TPSA) is 123 Å². The molecule has 54 heavy (non-hydrogen) atoms. The van der Waals surface area contributed by atoms with Crippen molar-refractivity contribution in [3.05, 3.63) is 104 Å². The van der Waals surface area contributed by atoms with E-state index in [4.69, 9.17) is 68.0 Å². The molecule has 6 heterocycles. The van der Waals surface area contributed by atoms with Crippen LogP contribution in [0.2, 0.25) is 20.1 Å². The van der Waals surface area contributed by atoms with Gasteiger partial charge in [-0.1, -0.05) is 58.5 Å². The zero-order valence-electron chi connectivity index (χ0n) is 29.0. The van der Waals surface area contributed by atoms with Gasteiger partial charge in [0, 0.05) is 110 Å². The Hall–Kier alpha value is -4.24. The van der Waals surface area contributed by atoms with Crippen LogP contribution in [0.5, 0.6) is 0 Å². The summed E-state index contributed by atoms with van der Waals surface area (Å²) in [6.45, 7) is 7.57. The van der Waals surface area contributed by atoms with E-state index in [1.807, 2.05) is 48.5 Å². The molecule has 8 rings (SSSR count). The zero-order chi connectivity index (χ0) is 37.6. The Bertz CT molecular complexity index is 2230. The van der Waals surface area contributed by atoms with E-state index in [9.17, 15) is 4.79 Å². The number of nitrogens with zero attached hydrogens (tertiary/aromatic N) is 9. The molecule has 2 aromatic carbocycles. The summed E-state index contributed by atoms with van der Waals surface area (Å²) in [5.74, 6) is 3.46. The van der Waals surface area contributed by atoms with Crippen LogP contribution in [-0.2, 0) is 17.9 Å². The lowest BCUT2D eigenvalue weighted by Crippen LogP contribution is -2.49. The molecule has 2 aliphatic rings. The van der Waals surface area contributed by atoms with Crippen molar-refractivity contribution in [2.75, 3.05) is 78.7 Å². The van der Waals surface area contributed by atoms with Gasteiger partial charge in [0.15, 0.2) is 11.3 Å². The minimum absolute atomic E-state index is 0.0152. The molecule has 3 N–H and O–H groups in total. The van der Waals surface area contributed by atoms with E-state index in [-0.39, 0.29) is 11.8 Å². The molecule has 0 aliphatic carbocycles. The highest BCUT2D eigenvalue weighted by Crippen LogP contribution is 2.26. The normalized spacial score (nSPS) is 14.6. The minimum atomic E-state index is -0.0345. The molecule has 0 spiro atoms. The van der Waals surface area contributed by atoms with Gasteiger partial charge in [-0.05, 0) is 35.4 Å². The largest absolute Gasteiger partial charge is 0.366 e. The Kier molecular flexibility index (Phi) is 12.3. The maximum atomic E-state index is 11.8. The molecule has 2 aliphatic heterocycles. The fourth-order valence-electron chi connectivity index (χ4n) is 6.24. The van der Waals surface area contributed by atoms with Crippen LogP contribution in [0.3, 0.4) is 0 Å². The molecular weight excluding hydrogens is 794 g/mol. The van der Waals surface area contributed by atoms with Crippen LogP contribution in [-0.4, -0.2) is 98.2 Å². The molecule has 0 bridgehead atoms. The Morgan fingerprint density at radius 1 is 0.648 bits per heavy atom. The first-order valence-electron chi connectivity index (χ1n) is 17.4. The zero-order valence-corrected chi connectivity index (χ0v) is 32.8. The van der Waals surface area contributed by atoms with Crippen LogP contribution in [0.4, 0.5) is 23.3 Å². The third-order valence-corrected chi connectivity index (χ3v) is 10.6. The molecule has 1 amide bonds. The third-order valence-electron chi connectivity index (χ3n) is 9.15. The maximum Gasteiger partial charge on any atom is 0.237 e. The number of piperazine rings is 2. The average molecular weight is 831 g/mol. The van der Waals surface area contributed by atoms with Gasteiger partial charge < -0.3 is 30.7 Å². The highest BCUT2D eigenvalue weighted by Gasteiger charge is 2.22. The lowest BCUT2D eigenvalue weighted by molar-refractivity contribution is -0.128. The van der Waals surface area contributed by atoms with Gasteiger partial charge in [-0.2, -0.15) is 19.2 Å². The molecule has 6 aromatic rings. The lowest BCUT2D eigenvalue weighted by Gasteiger charge is -2.35. The Balaban J connectivity index is 0.000000168. The van der Waals surface area contributed by atoms with Gasteiger partial charge in [0.1, 0.15) is 29.2 Å². The van der Waals surface area contributed by atoms with Crippen molar-refractivity contribution in [2.45, 2.75) is 13.1 Å². The van der Waals surface area contributed by atoms with E-state index in [1.165, 1.54) is 0 Å². The lowest BCUT2D eigenvalue weighted by atomic mass is 10.2. The number of carbonyl (C=O) groups is 1. The number of aromatic nitrogens is 6. The van der Waals surface area contributed by atoms with Gasteiger partial charge in [-0.25, -0.2) is 9.97 Å². The summed E-state index contributed by atoms with van der Waals surface area (Å²) in [7, 11) is 0. The molecule has 2 saturated heterocycles. The van der Waals surface area contributed by atoms with E-state index < -0.39 is 0 Å². The van der Waals surface area contributed by atoms with Crippen molar-refractivity contribution in [3.8, 4) is 0 Å². The summed E-state index contributed by atoms with van der Waals surface area (Å²) < 4.78 is 3.55. The van der Waals surface area contributed by atoms with E-state index in [1.54, 1.807) is 38.5 Å². The third kappa shape index (κ3) is 8.99. The second-order valence-electron chi connectivity index (χ2n) is 12.6. The second kappa shape index (κ2) is 17.5. The second-order valence-corrected chi connectivity index (χ2v) is 14.6. The molecule has 13 nitrogen and oxygen atoms in total. The molecule has 2 fully saturated rings. The predicted octanol–water partition coefficient (Wildman–Crippen LogP) is 6.59. The monoisotopic (exact) mass is 828 g/mol. The number of rotatable bonds is 9. The van der Waals surface area contributed by atoms with Gasteiger partial charge in [0.25, 0.3) is 0 Å². The molecule has 0 unspecified atom stereocenters. The average Bonchev–Trinajstić information content (AvgIpc) is 3.88. The standard InChI is InChI=1S/C19H19Cl3N6O.C17H18Cl2N6/c20-11-19(29)27-7-5-26(6-8-27)18-10-17(28-16(25-18)3-4-24-28)23-12-13-1-2-14(21)9-15(13)22;18-13-2-1-12(14(19)9-13)11-21-16-10-17(24-7-5-20-6-8-24)23-15-3-4-22-25(15)16/h1-4,9-10,23H,5-8,11-12H2;1-4,9-10,20-21H,5-8,11H2. The van der Waals surface area contributed by atoms with E-state index in [2.05, 4.69) is 35.9 Å². The van der Waals surface area contributed by atoms with Crippen LogP contribution in [0.15, 0.2) is 73.1 Å². The van der Waals surface area contributed by atoms with Gasteiger partial charge >= 0.3 is 0 Å². The first-order chi connectivity index (χ1) is 26.2. The summed E-state index contributed by atoms with van der Waals surface area (Å²) in [5.41, 5.74) is 3.47. The molecule has 0 saturated carbocycles. The summed E-state index contributed by atoms with van der Waals surface area (Å²) in [5, 5.41) is 21.4. The number of hydrogen-bond acceptors (Lipinski definition) is 10. The quantitative estimate of drug-likeness (QED) is 0.138. The fourth-order valence-corrected chi connectivity index (χ4v) is 7.36. The van der Waals surface area contributed by atoms with Crippen LogP contribution >= 0.6 is 58.0 Å². The van der Waals surface area contributed by atoms with Gasteiger partial charge in [-0.3, -0.25) is 4.79 Å². The number of fused-ring (bicyclic) bond motifs is 2. The van der Waals surface area contributed by atoms with Crippen molar-refractivity contribution in [3.63, 3.8) is 0 Å². The van der Waals surface area contributed by atoms with E-state index in [0.29, 0.717) is 59.4 Å². The summed E-state index contributed by atoms with van der Waals surface area (Å²) in [4.78, 5) is 27.4. The highest BCUT2D eigenvalue weighted by molar-refractivity contribution is 6.35. The number of halogens is 5. The number of hydrogen-bond donors (Lipinski definition) is 3. The van der Waals surface area contributed by atoms with E-state index >= 15 is 0 Å². The van der Waals surface area contributed by atoms with Crippen molar-refractivity contribution in [1.29, 1.82) is 0 Å². The summed E-state index contributed by atoms with van der Waals surface area (Å²) in [6.07, 6.45) is 3.47. The van der Waals surface area contributed by atoms with Crippen molar-refractivity contribution < 1.29 is 4.79 Å². The Morgan fingerprint density at radius 3 is 1.59 bits per heavy atom. The SMILES string of the molecule is Clc1ccc(CNc2cc(N3CCNCC3)nc3ccnn23)c(Cl)c1.O=C(CCl)N1CCN(c2cc(NCc3ccc(Cl)cc3Cl)n3nccc3n2)CC1. The highest BCUT2D eigenvalue weighted by atomic mass is 35.5. The van der Waals surface area contributed by atoms with Crippen molar-refractivity contribution in [1.82, 2.24) is 39.4 Å². The molecule has 4 aromatic heterocycles. The van der Waals surface area contributed by atoms with Crippen LogP contribution in [0, 0.1) is 0 Å². The van der Waals surface area contributed by atoms with Gasteiger partial charge in [-0.15, -0.1) is 11.6 Å². The molecule has 18 heteroatoms. The van der Waals surface area contributed by atoms with Gasteiger partial charge in [0.2, 0.25) is 5.91 Å². The minimum Gasteiger partial charge on any atom is -0.366 e. The first-order valence-corrected chi connectivity index (χ1v) is 19.4. The van der Waals surface area contributed by atoms with Crippen molar-refractivity contribution in [2.24, 2.45) is 0 Å². The van der Waals surface area contributed by atoms with Crippen molar-refractivity contribution >= 4 is 98.5 Å². The molecule has 0 radical (unpaired) electrons. The number of carbonyl (C=O) groups excluding carboxylic acids is 1. The Labute approximate surface area is 337 Å². The summed E-state index contributed by atoms with van der Waals surface area (Å²) >= 11 is 30.2. The van der Waals surface area contributed by atoms with E-state index in [0.717, 1.165) is 71.9 Å².